The second kappa shape index (κ2) is 45.5. The third kappa shape index (κ3) is 24.4. The molecule has 8 aliphatic rings. The maximum atomic E-state index is 13.3. The molecule has 0 aliphatic carbocycles. The number of halogens is 8. The topological polar surface area (TPSA) is 286 Å². The molecule has 40 heteroatoms. The van der Waals surface area contributed by atoms with Crippen LogP contribution >= 0.6 is 47.0 Å². The molecule has 8 aromatic heterocycles. The number of rotatable bonds is 32. The number of nitrogens with zero attached hydrogens (tertiary/aromatic N) is 24. The van der Waals surface area contributed by atoms with E-state index in [9.17, 15) is 44.7 Å². The molecule has 16 heterocycles. The van der Waals surface area contributed by atoms with Crippen molar-refractivity contribution in [3.63, 3.8) is 0 Å². The quantitative estimate of drug-likeness (QED) is 0.0171. The molecule has 12 aromatic rings. The van der Waals surface area contributed by atoms with Crippen LogP contribution in [-0.4, -0.2) is 262 Å². The number of carbonyl (C=O) groups excluding carboxylic acids is 2. The summed E-state index contributed by atoms with van der Waals surface area (Å²) in [6, 6.07) is 41.5. The van der Waals surface area contributed by atoms with Crippen LogP contribution in [0.4, 0.5) is 57.9 Å². The number of benzene rings is 4. The van der Waals surface area contributed by atoms with Gasteiger partial charge < -0.3 is 68.9 Å². The van der Waals surface area contributed by atoms with Crippen molar-refractivity contribution in [3.8, 4) is 45.6 Å². The van der Waals surface area contributed by atoms with Crippen molar-refractivity contribution in [1.82, 2.24) is 98.6 Å². The fraction of sp³-hybridized carbons (Fsp3) is 0.431. The Balaban J connectivity index is 0.000000130. The summed E-state index contributed by atoms with van der Waals surface area (Å²) in [5.41, 5.74) is 20.8. The van der Waals surface area contributed by atoms with Crippen LogP contribution in [0.25, 0.3) is 56.9 Å². The lowest BCUT2D eigenvalue weighted by Crippen LogP contribution is -2.35. The van der Waals surface area contributed by atoms with Crippen molar-refractivity contribution in [3.05, 3.63) is 229 Å². The van der Waals surface area contributed by atoms with Crippen molar-refractivity contribution >= 4 is 92.8 Å². The number of fused-ring (bicyclic) bond motifs is 4. The molecule has 4 N–H and O–H groups in total. The van der Waals surface area contributed by atoms with Crippen LogP contribution in [0, 0.1) is 35.3 Å². The Morgan fingerprint density at radius 3 is 0.782 bits per heavy atom. The average Bonchev–Trinajstić information content (AvgIpc) is 1.64. The van der Waals surface area contributed by atoms with Crippen molar-refractivity contribution in [2.24, 2.45) is 63.3 Å². The highest BCUT2D eigenvalue weighted by molar-refractivity contribution is 7.99. The molecule has 0 amide bonds. The minimum Gasteiger partial charge on any atom is -0.397 e. The van der Waals surface area contributed by atoms with E-state index in [2.05, 4.69) is 113 Å². The van der Waals surface area contributed by atoms with Gasteiger partial charge in [-0.25, -0.2) is 8.78 Å². The Bertz CT molecular complexity index is 5920. The molecule has 8 saturated heterocycles. The van der Waals surface area contributed by atoms with E-state index in [4.69, 9.17) is 11.5 Å². The summed E-state index contributed by atoms with van der Waals surface area (Å²) < 4.78 is 112. The van der Waals surface area contributed by atoms with Gasteiger partial charge >= 0.3 is 12.4 Å². The second-order valence-electron chi connectivity index (χ2n) is 37.5. The lowest BCUT2D eigenvalue weighted by molar-refractivity contribution is -0.138. The highest BCUT2D eigenvalue weighted by Crippen LogP contribution is 2.43. The first kappa shape index (κ1) is 102. The standard InChI is InChI=1S/2C26H29F3N6OS.2C25H30FN7S/c2*1-17(36)22-9-4-18(14-30-22)24-31-32-25(33(24)2)37-13-3-11-34-15-19-10-12-35(23(19)16-34)21-7-5-20(6-8-21)26(27,28)29;2*1-17(27)22-9-4-18(14-28-22)24-29-30-25(31(24)2)34-13-3-11-32-15-19-10-12-33(23(19)16-32)21-7-5-20(26)6-8-21/h2*4-9,14,19,23H,3,10-13,15-16H2,1-2H3;2*4-9,14,19,23H,1,3,10-13,15-16,27H2,2H3/t3*19-,23+;/m100./s1. The number of thioether (sulfide) groups is 4. The van der Waals surface area contributed by atoms with E-state index in [1.165, 1.54) is 51.0 Å². The molecule has 142 heavy (non-hydrogen) atoms. The fourth-order valence-electron chi connectivity index (χ4n) is 20.6. The number of hydrogen-bond acceptors (Lipinski definition) is 28. The number of aromatic nitrogens is 16. The summed E-state index contributed by atoms with van der Waals surface area (Å²) >= 11 is 6.80. The van der Waals surface area contributed by atoms with E-state index >= 15 is 0 Å². The molecule has 4 aromatic carbocycles. The number of carbonyl (C=O) groups is 2. The fourth-order valence-corrected chi connectivity index (χ4v) is 24.0. The van der Waals surface area contributed by atoms with Gasteiger partial charge in [-0.1, -0.05) is 60.2 Å². The molecule has 0 bridgehead atoms. The van der Waals surface area contributed by atoms with Gasteiger partial charge in [0.1, 0.15) is 23.0 Å². The van der Waals surface area contributed by atoms with Crippen molar-refractivity contribution in [2.45, 2.75) is 122 Å². The first-order chi connectivity index (χ1) is 68.4. The summed E-state index contributed by atoms with van der Waals surface area (Å²) in [4.78, 5) is 59.5. The highest BCUT2D eigenvalue weighted by Gasteiger charge is 2.46. The molecule has 28 nitrogen and oxygen atoms in total. The molecule has 748 valence electrons. The minimum atomic E-state index is -4.31. The molecule has 8 aliphatic heterocycles. The summed E-state index contributed by atoms with van der Waals surface area (Å²) in [6.07, 6.45) is 6.95. The lowest BCUT2D eigenvalue weighted by Gasteiger charge is -2.27. The van der Waals surface area contributed by atoms with E-state index < -0.39 is 23.5 Å². The number of pyridine rings is 4. The smallest absolute Gasteiger partial charge is 0.397 e. The number of likely N-dealkylation sites (tertiary alicyclic amines) is 4. The molecule has 0 spiro atoms. The predicted molar refractivity (Wildman–Crippen MR) is 543 cm³/mol. The number of hydrogen-bond donors (Lipinski definition) is 2. The number of ketones is 2. The Kier molecular flexibility index (Phi) is 32.6. The van der Waals surface area contributed by atoms with Crippen LogP contribution < -0.4 is 31.1 Å². The maximum Gasteiger partial charge on any atom is 0.416 e. The number of nitrogens with two attached hydrogens (primary N) is 2. The summed E-state index contributed by atoms with van der Waals surface area (Å²) in [6.45, 7) is 26.9. The monoisotopic (exact) mass is 2020 g/mol. The van der Waals surface area contributed by atoms with E-state index in [-0.39, 0.29) is 23.2 Å². The second-order valence-corrected chi connectivity index (χ2v) is 41.7. The van der Waals surface area contributed by atoms with Gasteiger partial charge in [0.05, 0.1) is 33.9 Å². The number of alkyl halides is 6. The van der Waals surface area contributed by atoms with Gasteiger partial charge in [0, 0.05) is 238 Å². The van der Waals surface area contributed by atoms with Gasteiger partial charge in [0.15, 0.2) is 55.5 Å². The largest absolute Gasteiger partial charge is 0.416 e. The van der Waals surface area contributed by atoms with Crippen molar-refractivity contribution in [1.29, 1.82) is 0 Å². The van der Waals surface area contributed by atoms with Crippen LogP contribution in [0.15, 0.2) is 204 Å². The van der Waals surface area contributed by atoms with Crippen LogP contribution in [0.2, 0.25) is 0 Å². The van der Waals surface area contributed by atoms with Crippen LogP contribution in [-0.2, 0) is 40.5 Å². The number of Topliss-reactive ketones (excluding diaryl/α,β-unsaturated/α-hetero) is 2. The summed E-state index contributed by atoms with van der Waals surface area (Å²) in [5, 5.41) is 38.2. The zero-order valence-corrected chi connectivity index (χ0v) is 83.6. The summed E-state index contributed by atoms with van der Waals surface area (Å²) in [5.74, 6) is 8.81. The predicted octanol–water partition coefficient (Wildman–Crippen LogP) is 16.9. The highest BCUT2D eigenvalue weighted by atomic mass is 32.2. The molecule has 8 fully saturated rings. The van der Waals surface area contributed by atoms with Gasteiger partial charge in [-0.15, -0.1) is 40.8 Å². The minimum absolute atomic E-state index is 0.0744. The van der Waals surface area contributed by atoms with Gasteiger partial charge in [-0.3, -0.25) is 29.5 Å². The van der Waals surface area contributed by atoms with Crippen LogP contribution in [0.3, 0.4) is 0 Å². The van der Waals surface area contributed by atoms with Crippen molar-refractivity contribution in [2.75, 3.05) is 147 Å². The third-order valence-electron chi connectivity index (χ3n) is 28.1. The lowest BCUT2D eigenvalue weighted by atomic mass is 10.0. The van der Waals surface area contributed by atoms with E-state index in [0.717, 1.165) is 244 Å². The van der Waals surface area contributed by atoms with E-state index in [0.29, 0.717) is 93.7 Å². The molecular weight excluding hydrogens is 1900 g/mol. The Labute approximate surface area is 838 Å². The molecule has 2 unspecified atom stereocenters. The van der Waals surface area contributed by atoms with E-state index in [1.54, 1.807) is 132 Å². The van der Waals surface area contributed by atoms with Gasteiger partial charge in [-0.05, 0) is 247 Å². The normalized spacial score (nSPS) is 20.0. The molecule has 20 rings (SSSR count). The molecular formula is C102H118F8N26O2S4. The van der Waals surface area contributed by atoms with Gasteiger partial charge in [-0.2, -0.15) is 26.3 Å². The maximum absolute atomic E-state index is 13.3. The molecule has 0 saturated carbocycles. The summed E-state index contributed by atoms with van der Waals surface area (Å²) in [7, 11) is 7.82. The van der Waals surface area contributed by atoms with Crippen LogP contribution in [0.5, 0.6) is 0 Å². The number of anilines is 4. The Morgan fingerprint density at radius 1 is 0.338 bits per heavy atom. The van der Waals surface area contributed by atoms with Gasteiger partial charge in [0.2, 0.25) is 0 Å². The Morgan fingerprint density at radius 2 is 0.570 bits per heavy atom. The SMILES string of the molecule is C=C(N)c1ccc(-c2nnc(SCCCN3CC4CCN(c5ccc(F)cc5)C4C3)n2C)cn1.C=C(N)c1ccc(-c2nnc(SCCCN3C[C@@H]4CCN(c5ccc(F)cc5)[C@@H]4C3)n2C)cn1.CC(=O)c1ccc(-c2nnc(SCCCN3C[C@@H]4CCN(c5ccc(C(F)(F)F)cc5)[C@@H]4C3)n2C)cn1.CC(=O)c1ccc(-c2nnc(SCCCN3C[C@H]4CCN(c5ccc(C(F)(F)F)cc5)[C@H]4C3)n2C)cn1. The Hall–Kier alpha value is -11.7. The van der Waals surface area contributed by atoms with Crippen LogP contribution in [0.1, 0.15) is 109 Å². The van der Waals surface area contributed by atoms with Gasteiger partial charge in [0.25, 0.3) is 0 Å². The third-order valence-corrected chi connectivity index (χ3v) is 32.5. The zero-order valence-electron chi connectivity index (χ0n) is 80.4. The first-order valence-electron chi connectivity index (χ1n) is 48.1. The van der Waals surface area contributed by atoms with Crippen molar-refractivity contribution < 1.29 is 44.7 Å². The first-order valence-corrected chi connectivity index (χ1v) is 52.0. The van der Waals surface area contributed by atoms with E-state index in [1.807, 2.05) is 107 Å². The zero-order chi connectivity index (χ0) is 99.6. The molecule has 8 atom stereocenters. The molecule has 0 radical (unpaired) electrons. The average molecular weight is 2020 g/mol.